The summed E-state index contributed by atoms with van der Waals surface area (Å²) in [6.45, 7) is 10.6. The van der Waals surface area contributed by atoms with Crippen molar-refractivity contribution in [1.29, 1.82) is 0 Å². The van der Waals surface area contributed by atoms with Gasteiger partial charge in [-0.25, -0.2) is 4.98 Å². The Kier molecular flexibility index (Phi) is 8.59. The largest absolute Gasteiger partial charge is 2.00 e. The number of hydrogen-bond donors (Lipinski definition) is 0. The average Bonchev–Trinajstić information content (AvgIpc) is 3.53. The van der Waals surface area contributed by atoms with Gasteiger partial charge in [0.05, 0.1) is 12.8 Å². The van der Waals surface area contributed by atoms with Crippen LogP contribution in [0, 0.1) is 32.9 Å². The van der Waals surface area contributed by atoms with E-state index in [0.29, 0.717) is 11.5 Å². The Morgan fingerprint density at radius 1 is 0.804 bits per heavy atom. The monoisotopic (exact) mass is 785 g/mol. The van der Waals surface area contributed by atoms with E-state index in [9.17, 15) is 0 Å². The molecule has 0 aliphatic heterocycles. The van der Waals surface area contributed by atoms with Crippen molar-refractivity contribution in [2.45, 2.75) is 40.5 Å². The van der Waals surface area contributed by atoms with Gasteiger partial charge in [-0.15, -0.1) is 41.3 Å². The van der Waals surface area contributed by atoms with Gasteiger partial charge in [-0.05, 0) is 79.2 Å². The fraction of sp³-hybridized carbons (Fsp3) is 0.179. The standard InChI is InChI=1S/C39H34N4O2.Pt/c1-24(2)29-19-30(43-27(5)39(26(4)41-43)28-10-8-7-9-11-28)21-33(20-29)45-32-12-14-34-35-22-31(44-6)13-15-36(35)42(37(34)23-32)38-18-25(3)16-17-40-38;/h7-20,22,24H,1-6H3;/q-2;+2. The molecule has 6 nitrogen and oxygen atoms in total. The molecule has 0 bridgehead atoms. The molecule has 0 atom stereocenters. The van der Waals surface area contributed by atoms with Crippen molar-refractivity contribution >= 4 is 21.8 Å². The van der Waals surface area contributed by atoms with Crippen LogP contribution in [0.3, 0.4) is 0 Å². The van der Waals surface area contributed by atoms with Crippen molar-refractivity contribution in [2.24, 2.45) is 0 Å². The van der Waals surface area contributed by atoms with E-state index in [1.165, 1.54) is 0 Å². The zero-order chi connectivity index (χ0) is 31.2. The molecule has 3 aromatic heterocycles. The number of aromatic nitrogens is 4. The van der Waals surface area contributed by atoms with E-state index < -0.39 is 0 Å². The minimum Gasteiger partial charge on any atom is -0.509 e. The second kappa shape index (κ2) is 12.6. The number of fused-ring (bicyclic) bond motifs is 3. The van der Waals surface area contributed by atoms with E-state index in [4.69, 9.17) is 19.6 Å². The molecule has 0 fully saturated rings. The van der Waals surface area contributed by atoms with Crippen LogP contribution >= 0.6 is 0 Å². The zero-order valence-corrected chi connectivity index (χ0v) is 28.9. The fourth-order valence-electron chi connectivity index (χ4n) is 6.04. The normalized spacial score (nSPS) is 11.3. The zero-order valence-electron chi connectivity index (χ0n) is 26.7. The molecule has 0 N–H and O–H groups in total. The van der Waals surface area contributed by atoms with Gasteiger partial charge in [0.2, 0.25) is 0 Å². The number of nitrogens with zero attached hydrogens (tertiary/aromatic N) is 4. The molecule has 3 heterocycles. The van der Waals surface area contributed by atoms with E-state index >= 15 is 0 Å². The molecule has 7 aromatic rings. The molecular formula is C39H34N4O2Pt. The fourth-order valence-corrected chi connectivity index (χ4v) is 6.04. The quantitative estimate of drug-likeness (QED) is 0.151. The van der Waals surface area contributed by atoms with Gasteiger partial charge in [-0.1, -0.05) is 49.7 Å². The topological polar surface area (TPSA) is 54.1 Å². The summed E-state index contributed by atoms with van der Waals surface area (Å²) in [4.78, 5) is 4.71. The number of methoxy groups -OCH3 is 1. The van der Waals surface area contributed by atoms with Crippen LogP contribution in [0.25, 0.3) is 44.4 Å². The summed E-state index contributed by atoms with van der Waals surface area (Å²) in [5.74, 6) is 3.10. The van der Waals surface area contributed by atoms with Crippen LogP contribution in [-0.2, 0) is 21.1 Å². The predicted octanol–water partition coefficient (Wildman–Crippen LogP) is 9.48. The molecule has 0 aliphatic carbocycles. The van der Waals surface area contributed by atoms with Crippen LogP contribution in [0.1, 0.15) is 42.3 Å². The van der Waals surface area contributed by atoms with Crippen LogP contribution in [0.5, 0.6) is 17.2 Å². The molecule has 0 radical (unpaired) electrons. The van der Waals surface area contributed by atoms with Gasteiger partial charge in [-0.2, -0.15) is 11.2 Å². The van der Waals surface area contributed by atoms with Crippen LogP contribution < -0.4 is 9.47 Å². The first kappa shape index (κ1) is 31.3. The Morgan fingerprint density at radius 2 is 1.61 bits per heavy atom. The summed E-state index contributed by atoms with van der Waals surface area (Å²) in [6.07, 6.45) is 1.84. The number of ether oxygens (including phenoxy) is 2. The van der Waals surface area contributed by atoms with Crippen LogP contribution in [0.2, 0.25) is 0 Å². The smallest absolute Gasteiger partial charge is 0.509 e. The van der Waals surface area contributed by atoms with Crippen molar-refractivity contribution in [3.8, 4) is 39.9 Å². The molecule has 4 aromatic carbocycles. The first-order valence-corrected chi connectivity index (χ1v) is 15.2. The Labute approximate surface area is 283 Å². The summed E-state index contributed by atoms with van der Waals surface area (Å²) in [5.41, 5.74) is 9.31. The van der Waals surface area contributed by atoms with E-state index in [2.05, 4.69) is 112 Å². The summed E-state index contributed by atoms with van der Waals surface area (Å²) < 4.78 is 16.2. The summed E-state index contributed by atoms with van der Waals surface area (Å²) in [7, 11) is 1.69. The molecule has 0 amide bonds. The second-order valence-electron chi connectivity index (χ2n) is 11.7. The Hall–Kier alpha value is -4.67. The molecule has 0 saturated carbocycles. The first-order valence-electron chi connectivity index (χ1n) is 15.2. The van der Waals surface area contributed by atoms with Gasteiger partial charge in [0, 0.05) is 34.5 Å². The van der Waals surface area contributed by atoms with Crippen LogP contribution in [-0.4, -0.2) is 26.4 Å². The minimum absolute atomic E-state index is 0. The second-order valence-corrected chi connectivity index (χ2v) is 11.7. The van der Waals surface area contributed by atoms with Gasteiger partial charge >= 0.3 is 21.1 Å². The number of aryl methyl sites for hydroxylation is 2. The maximum absolute atomic E-state index is 6.55. The minimum atomic E-state index is 0. The van der Waals surface area contributed by atoms with E-state index in [0.717, 1.165) is 72.7 Å². The van der Waals surface area contributed by atoms with Gasteiger partial charge in [0.15, 0.2) is 0 Å². The molecule has 46 heavy (non-hydrogen) atoms. The van der Waals surface area contributed by atoms with Crippen molar-refractivity contribution < 1.29 is 30.5 Å². The van der Waals surface area contributed by atoms with E-state index in [-0.39, 0.29) is 27.0 Å². The van der Waals surface area contributed by atoms with Gasteiger partial charge in [0.1, 0.15) is 11.6 Å². The SMILES string of the molecule is COc1ccc2c(c1)c1ccc(Oc3[c-]c(-n4nc(C)c(-c5ccccc5)c4C)cc(C(C)C)c3)[c-]c1n2-c1cc(C)ccn1.[Pt+2]. The van der Waals surface area contributed by atoms with Crippen molar-refractivity contribution in [3.05, 3.63) is 126 Å². The number of pyridine rings is 1. The molecule has 0 spiro atoms. The van der Waals surface area contributed by atoms with Crippen LogP contribution in [0.4, 0.5) is 0 Å². The van der Waals surface area contributed by atoms with E-state index in [1.54, 1.807) is 7.11 Å². The number of benzene rings is 4. The maximum atomic E-state index is 6.55. The third-order valence-electron chi connectivity index (χ3n) is 8.31. The molecule has 0 saturated heterocycles. The predicted molar refractivity (Wildman–Crippen MR) is 180 cm³/mol. The Balaban J connectivity index is 0.00000372. The Morgan fingerprint density at radius 3 is 2.35 bits per heavy atom. The molecule has 0 aliphatic rings. The molecule has 232 valence electrons. The average molecular weight is 786 g/mol. The third-order valence-corrected chi connectivity index (χ3v) is 8.31. The Bertz CT molecular complexity index is 2200. The van der Waals surface area contributed by atoms with E-state index in [1.807, 2.05) is 35.1 Å². The number of hydrogen-bond acceptors (Lipinski definition) is 4. The summed E-state index contributed by atoms with van der Waals surface area (Å²) >= 11 is 0. The molecule has 7 rings (SSSR count). The van der Waals surface area contributed by atoms with Gasteiger partial charge in [-0.3, -0.25) is 4.68 Å². The number of rotatable bonds is 7. The molecular weight excluding hydrogens is 752 g/mol. The van der Waals surface area contributed by atoms with Crippen molar-refractivity contribution in [1.82, 2.24) is 19.3 Å². The first-order chi connectivity index (χ1) is 21.8. The molecule has 7 heteroatoms. The summed E-state index contributed by atoms with van der Waals surface area (Å²) in [6, 6.07) is 35.9. The van der Waals surface area contributed by atoms with Crippen molar-refractivity contribution in [2.75, 3.05) is 7.11 Å². The van der Waals surface area contributed by atoms with Gasteiger partial charge < -0.3 is 14.0 Å². The third kappa shape index (κ3) is 5.63. The maximum Gasteiger partial charge on any atom is 2.00 e. The summed E-state index contributed by atoms with van der Waals surface area (Å²) in [5, 5.41) is 7.04. The van der Waals surface area contributed by atoms with Gasteiger partial charge in [0.25, 0.3) is 0 Å². The van der Waals surface area contributed by atoms with Crippen LogP contribution in [0.15, 0.2) is 91.1 Å². The molecule has 0 unspecified atom stereocenters. The van der Waals surface area contributed by atoms with Crippen molar-refractivity contribution in [3.63, 3.8) is 0 Å².